The lowest BCUT2D eigenvalue weighted by Crippen LogP contribution is -2.27. The number of carboxylic acid groups (broad SMARTS) is 1. The lowest BCUT2D eigenvalue weighted by Gasteiger charge is -2.17. The molecule has 1 aromatic carbocycles. The number of pyridine rings is 1. The van der Waals surface area contributed by atoms with Crippen LogP contribution in [-0.2, 0) is 6.54 Å². The standard InChI is InChI=1S/C15H13BrN2O3/c1-18(9-10-5-2-3-6-11(10)16)14(19)12-7-4-8-13(17-12)15(20)21/h2-8H,9H2,1H3,(H,20,21). The molecule has 0 atom stereocenters. The predicted molar refractivity (Wildman–Crippen MR) is 81.1 cm³/mol. The molecule has 0 aliphatic carbocycles. The number of benzene rings is 1. The van der Waals surface area contributed by atoms with E-state index in [0.29, 0.717) is 6.54 Å². The molecule has 0 fully saturated rings. The highest BCUT2D eigenvalue weighted by Crippen LogP contribution is 2.18. The van der Waals surface area contributed by atoms with Crippen LogP contribution in [0.25, 0.3) is 0 Å². The monoisotopic (exact) mass is 348 g/mol. The van der Waals surface area contributed by atoms with E-state index in [0.717, 1.165) is 10.0 Å². The Bertz CT molecular complexity index is 688. The summed E-state index contributed by atoms with van der Waals surface area (Å²) >= 11 is 3.43. The Balaban J connectivity index is 2.18. The molecule has 0 saturated carbocycles. The van der Waals surface area contributed by atoms with Crippen molar-refractivity contribution in [1.82, 2.24) is 9.88 Å². The van der Waals surface area contributed by atoms with Crippen LogP contribution in [0.15, 0.2) is 46.9 Å². The van der Waals surface area contributed by atoms with Crippen LogP contribution in [-0.4, -0.2) is 33.9 Å². The number of rotatable bonds is 4. The van der Waals surface area contributed by atoms with E-state index in [1.165, 1.54) is 23.1 Å². The van der Waals surface area contributed by atoms with Crippen molar-refractivity contribution < 1.29 is 14.7 Å². The minimum atomic E-state index is -1.15. The van der Waals surface area contributed by atoms with Crippen LogP contribution in [0.4, 0.5) is 0 Å². The second-order valence-corrected chi connectivity index (χ2v) is 5.32. The topological polar surface area (TPSA) is 70.5 Å². The number of hydrogen-bond acceptors (Lipinski definition) is 3. The van der Waals surface area contributed by atoms with Gasteiger partial charge >= 0.3 is 5.97 Å². The molecule has 2 rings (SSSR count). The number of carboxylic acids is 1. The minimum absolute atomic E-state index is 0.115. The summed E-state index contributed by atoms with van der Waals surface area (Å²) in [6.45, 7) is 0.402. The van der Waals surface area contributed by atoms with Crippen LogP contribution in [0.2, 0.25) is 0 Å². The predicted octanol–water partition coefficient (Wildman–Crippen LogP) is 2.81. The van der Waals surface area contributed by atoms with E-state index >= 15 is 0 Å². The number of aromatic nitrogens is 1. The number of carbonyl (C=O) groups excluding carboxylic acids is 1. The van der Waals surface area contributed by atoms with Gasteiger partial charge in [-0.15, -0.1) is 0 Å². The first kappa shape index (κ1) is 15.2. The third-order valence-corrected chi connectivity index (χ3v) is 3.67. The van der Waals surface area contributed by atoms with Gasteiger partial charge in [0.15, 0.2) is 0 Å². The summed E-state index contributed by atoms with van der Waals surface area (Å²) in [6, 6.07) is 12.0. The Labute approximate surface area is 130 Å². The van der Waals surface area contributed by atoms with Gasteiger partial charge in [0.25, 0.3) is 5.91 Å². The summed E-state index contributed by atoms with van der Waals surface area (Å²) in [7, 11) is 1.65. The number of halogens is 1. The zero-order valence-electron chi connectivity index (χ0n) is 11.3. The fraction of sp³-hybridized carbons (Fsp3) is 0.133. The molecule has 0 aliphatic rings. The lowest BCUT2D eigenvalue weighted by molar-refractivity contribution is 0.0690. The van der Waals surface area contributed by atoms with E-state index in [1.54, 1.807) is 7.05 Å². The van der Waals surface area contributed by atoms with Gasteiger partial charge in [0, 0.05) is 18.1 Å². The van der Waals surface area contributed by atoms with Gasteiger partial charge in [-0.05, 0) is 23.8 Å². The summed E-state index contributed by atoms with van der Waals surface area (Å²) in [6.07, 6.45) is 0. The van der Waals surface area contributed by atoms with Crippen molar-refractivity contribution in [2.24, 2.45) is 0 Å². The fourth-order valence-corrected chi connectivity index (χ4v) is 2.23. The van der Waals surface area contributed by atoms with Gasteiger partial charge in [0.1, 0.15) is 11.4 Å². The largest absolute Gasteiger partial charge is 0.477 e. The quantitative estimate of drug-likeness (QED) is 0.922. The molecule has 0 radical (unpaired) electrons. The Morgan fingerprint density at radius 2 is 1.81 bits per heavy atom. The lowest BCUT2D eigenvalue weighted by atomic mass is 10.2. The van der Waals surface area contributed by atoms with Gasteiger partial charge in [-0.25, -0.2) is 9.78 Å². The molecule has 0 aliphatic heterocycles. The van der Waals surface area contributed by atoms with Gasteiger partial charge in [-0.3, -0.25) is 4.79 Å². The summed E-state index contributed by atoms with van der Waals surface area (Å²) < 4.78 is 0.914. The average molecular weight is 349 g/mol. The molecule has 6 heteroatoms. The second-order valence-electron chi connectivity index (χ2n) is 4.47. The number of hydrogen-bond donors (Lipinski definition) is 1. The maximum Gasteiger partial charge on any atom is 0.354 e. The summed E-state index contributed by atoms with van der Waals surface area (Å²) in [5.74, 6) is -1.48. The van der Waals surface area contributed by atoms with Crippen LogP contribution in [0.1, 0.15) is 26.5 Å². The molecule has 0 bridgehead atoms. The molecule has 108 valence electrons. The highest BCUT2D eigenvalue weighted by Gasteiger charge is 2.16. The van der Waals surface area contributed by atoms with E-state index < -0.39 is 5.97 Å². The number of nitrogens with zero attached hydrogens (tertiary/aromatic N) is 2. The molecule has 1 N–H and O–H groups in total. The maximum absolute atomic E-state index is 12.3. The van der Waals surface area contributed by atoms with E-state index in [9.17, 15) is 9.59 Å². The van der Waals surface area contributed by atoms with E-state index in [1.807, 2.05) is 24.3 Å². The average Bonchev–Trinajstić information content (AvgIpc) is 2.49. The van der Waals surface area contributed by atoms with Crippen molar-refractivity contribution >= 4 is 27.8 Å². The normalized spacial score (nSPS) is 10.2. The van der Waals surface area contributed by atoms with Gasteiger partial charge in [-0.1, -0.05) is 40.2 Å². The molecule has 1 heterocycles. The zero-order valence-corrected chi connectivity index (χ0v) is 12.9. The molecule has 5 nitrogen and oxygen atoms in total. The van der Waals surface area contributed by atoms with Crippen molar-refractivity contribution in [2.45, 2.75) is 6.54 Å². The van der Waals surface area contributed by atoms with Crippen molar-refractivity contribution in [3.63, 3.8) is 0 Å². The second kappa shape index (κ2) is 6.49. The highest BCUT2D eigenvalue weighted by molar-refractivity contribution is 9.10. The summed E-state index contributed by atoms with van der Waals surface area (Å²) in [5, 5.41) is 8.91. The van der Waals surface area contributed by atoms with Crippen molar-refractivity contribution in [1.29, 1.82) is 0 Å². The third kappa shape index (κ3) is 3.66. The molecular formula is C15H13BrN2O3. The third-order valence-electron chi connectivity index (χ3n) is 2.90. The van der Waals surface area contributed by atoms with Crippen LogP contribution in [0.3, 0.4) is 0 Å². The Morgan fingerprint density at radius 3 is 2.48 bits per heavy atom. The van der Waals surface area contributed by atoms with E-state index in [-0.39, 0.29) is 17.3 Å². The van der Waals surface area contributed by atoms with Crippen LogP contribution in [0, 0.1) is 0 Å². The molecule has 2 aromatic rings. The molecule has 1 aromatic heterocycles. The van der Waals surface area contributed by atoms with Crippen LogP contribution < -0.4 is 0 Å². The van der Waals surface area contributed by atoms with Gasteiger partial charge in [-0.2, -0.15) is 0 Å². The van der Waals surface area contributed by atoms with Crippen molar-refractivity contribution in [3.05, 3.63) is 63.9 Å². The van der Waals surface area contributed by atoms with E-state index in [2.05, 4.69) is 20.9 Å². The van der Waals surface area contributed by atoms with Gasteiger partial charge in [0.05, 0.1) is 0 Å². The number of aromatic carboxylic acids is 1. The zero-order chi connectivity index (χ0) is 15.4. The Hall–Kier alpha value is -2.21. The smallest absolute Gasteiger partial charge is 0.354 e. The Morgan fingerprint density at radius 1 is 1.14 bits per heavy atom. The molecule has 0 saturated heterocycles. The molecular weight excluding hydrogens is 336 g/mol. The minimum Gasteiger partial charge on any atom is -0.477 e. The molecule has 1 amide bonds. The van der Waals surface area contributed by atoms with Crippen LogP contribution >= 0.6 is 15.9 Å². The first-order valence-electron chi connectivity index (χ1n) is 6.18. The first-order valence-corrected chi connectivity index (χ1v) is 6.97. The van der Waals surface area contributed by atoms with Crippen molar-refractivity contribution in [2.75, 3.05) is 7.05 Å². The molecule has 21 heavy (non-hydrogen) atoms. The Kier molecular flexibility index (Phi) is 4.70. The molecule has 0 spiro atoms. The number of carbonyl (C=O) groups is 2. The number of amides is 1. The maximum atomic E-state index is 12.3. The van der Waals surface area contributed by atoms with Gasteiger partial charge < -0.3 is 10.0 Å². The van der Waals surface area contributed by atoms with Crippen molar-refractivity contribution in [3.8, 4) is 0 Å². The van der Waals surface area contributed by atoms with Crippen LogP contribution in [0.5, 0.6) is 0 Å². The van der Waals surface area contributed by atoms with E-state index in [4.69, 9.17) is 5.11 Å². The van der Waals surface area contributed by atoms with Gasteiger partial charge in [0.2, 0.25) is 0 Å². The summed E-state index contributed by atoms with van der Waals surface area (Å²) in [4.78, 5) is 28.5. The highest BCUT2D eigenvalue weighted by atomic mass is 79.9. The summed E-state index contributed by atoms with van der Waals surface area (Å²) in [5.41, 5.74) is 0.933. The first-order chi connectivity index (χ1) is 9.99. The fourth-order valence-electron chi connectivity index (χ4n) is 1.82. The SMILES string of the molecule is CN(Cc1ccccc1Br)C(=O)c1cccc(C(=O)O)n1. The molecule has 0 unspecified atom stereocenters.